The lowest BCUT2D eigenvalue weighted by Gasteiger charge is -2.15. The number of rotatable bonds is 7. The number of nitrogens with one attached hydrogen (secondary N) is 1. The first-order valence-corrected chi connectivity index (χ1v) is 10.1. The number of benzene rings is 1. The van der Waals surface area contributed by atoms with Gasteiger partial charge in [-0.1, -0.05) is 29.3 Å². The topological polar surface area (TPSA) is 92.8 Å². The summed E-state index contributed by atoms with van der Waals surface area (Å²) in [5, 5.41) is 2.58. The standard InChI is InChI=1S/C16H17ClN2O5S2/c1-11-3-5-12(6-4-11)18-14(20)10-24-15(21)9-19(2)26(22,23)16-8-7-13(17)25-16/h3-8H,9-10H2,1-2H3,(H,18,20). The van der Waals surface area contributed by atoms with Crippen molar-refractivity contribution in [1.29, 1.82) is 0 Å². The number of hydrogen-bond acceptors (Lipinski definition) is 6. The molecule has 1 aromatic carbocycles. The number of sulfonamides is 1. The van der Waals surface area contributed by atoms with Crippen molar-refractivity contribution in [3.05, 3.63) is 46.3 Å². The van der Waals surface area contributed by atoms with Crippen LogP contribution in [0.15, 0.2) is 40.6 Å². The summed E-state index contributed by atoms with van der Waals surface area (Å²) in [6.07, 6.45) is 0. The van der Waals surface area contributed by atoms with E-state index in [1.54, 1.807) is 12.1 Å². The number of nitrogens with zero attached hydrogens (tertiary/aromatic N) is 1. The molecule has 2 aromatic rings. The molecule has 26 heavy (non-hydrogen) atoms. The molecule has 0 atom stereocenters. The second-order valence-corrected chi connectivity index (χ2v) is 9.38. The Morgan fingerprint density at radius 3 is 2.42 bits per heavy atom. The van der Waals surface area contributed by atoms with Crippen LogP contribution in [0.3, 0.4) is 0 Å². The van der Waals surface area contributed by atoms with E-state index in [9.17, 15) is 18.0 Å². The summed E-state index contributed by atoms with van der Waals surface area (Å²) in [4.78, 5) is 23.6. The molecule has 0 unspecified atom stereocenters. The first kappa shape index (κ1) is 20.4. The summed E-state index contributed by atoms with van der Waals surface area (Å²) < 4.78 is 30.6. The Kier molecular flexibility index (Phi) is 6.76. The second-order valence-electron chi connectivity index (χ2n) is 5.39. The number of aryl methyl sites for hydroxylation is 1. The minimum atomic E-state index is -3.84. The Labute approximate surface area is 160 Å². The first-order chi connectivity index (χ1) is 12.2. The molecule has 0 aliphatic heterocycles. The molecule has 2 rings (SSSR count). The summed E-state index contributed by atoms with van der Waals surface area (Å²) in [7, 11) is -2.59. The molecule has 140 valence electrons. The van der Waals surface area contributed by atoms with E-state index in [0.29, 0.717) is 10.0 Å². The normalized spacial score (nSPS) is 11.4. The predicted molar refractivity (Wildman–Crippen MR) is 99.9 cm³/mol. The van der Waals surface area contributed by atoms with Crippen molar-refractivity contribution in [2.24, 2.45) is 0 Å². The van der Waals surface area contributed by atoms with Crippen molar-refractivity contribution in [2.45, 2.75) is 11.1 Å². The van der Waals surface area contributed by atoms with Crippen LogP contribution in [0.5, 0.6) is 0 Å². The highest BCUT2D eigenvalue weighted by molar-refractivity contribution is 7.91. The van der Waals surface area contributed by atoms with Gasteiger partial charge in [0.15, 0.2) is 6.61 Å². The fourth-order valence-corrected chi connectivity index (χ4v) is 4.69. The number of esters is 1. The molecule has 0 aliphatic rings. The van der Waals surface area contributed by atoms with Crippen molar-refractivity contribution in [3.8, 4) is 0 Å². The van der Waals surface area contributed by atoms with Gasteiger partial charge >= 0.3 is 5.97 Å². The average Bonchev–Trinajstić information content (AvgIpc) is 3.02. The first-order valence-electron chi connectivity index (χ1n) is 7.42. The summed E-state index contributed by atoms with van der Waals surface area (Å²) in [5.41, 5.74) is 1.62. The van der Waals surface area contributed by atoms with Crippen molar-refractivity contribution in [1.82, 2.24) is 4.31 Å². The molecule has 1 amide bonds. The second kappa shape index (κ2) is 8.63. The number of likely N-dealkylation sites (N-methyl/N-ethyl adjacent to an activating group) is 1. The van der Waals surface area contributed by atoms with Crippen LogP contribution in [0, 0.1) is 6.92 Å². The molecule has 0 radical (unpaired) electrons. The van der Waals surface area contributed by atoms with Gasteiger partial charge in [-0.15, -0.1) is 11.3 Å². The maximum Gasteiger partial charge on any atom is 0.321 e. The Bertz CT molecular complexity index is 894. The molecule has 0 saturated heterocycles. The number of hydrogen-bond donors (Lipinski definition) is 1. The number of anilines is 1. The van der Waals surface area contributed by atoms with E-state index in [-0.39, 0.29) is 4.21 Å². The SMILES string of the molecule is Cc1ccc(NC(=O)COC(=O)CN(C)S(=O)(=O)c2ccc(Cl)s2)cc1. The molecule has 10 heteroatoms. The lowest BCUT2D eigenvalue weighted by atomic mass is 10.2. The maximum atomic E-state index is 12.3. The Morgan fingerprint density at radius 1 is 1.19 bits per heavy atom. The number of amides is 1. The number of thiophene rings is 1. The summed E-state index contributed by atoms with van der Waals surface area (Å²) in [6.45, 7) is 0.892. The molecule has 0 spiro atoms. The quantitative estimate of drug-likeness (QED) is 0.700. The third kappa shape index (κ3) is 5.53. The molecule has 1 aromatic heterocycles. The zero-order valence-electron chi connectivity index (χ0n) is 14.1. The van der Waals surface area contributed by atoms with Gasteiger partial charge in [0.05, 0.1) is 4.34 Å². The fraction of sp³-hybridized carbons (Fsp3) is 0.250. The molecule has 0 saturated carbocycles. The van der Waals surface area contributed by atoms with Crippen LogP contribution in [0.25, 0.3) is 0 Å². The van der Waals surface area contributed by atoms with Crippen LogP contribution in [0.2, 0.25) is 4.34 Å². The third-order valence-electron chi connectivity index (χ3n) is 3.26. The maximum absolute atomic E-state index is 12.3. The number of halogens is 1. The van der Waals surface area contributed by atoms with Crippen LogP contribution in [0.1, 0.15) is 5.56 Å². The van der Waals surface area contributed by atoms with Gasteiger partial charge in [0, 0.05) is 12.7 Å². The lowest BCUT2D eigenvalue weighted by Crippen LogP contribution is -2.33. The monoisotopic (exact) mass is 416 g/mol. The van der Waals surface area contributed by atoms with Crippen LogP contribution in [0.4, 0.5) is 5.69 Å². The molecule has 0 aliphatic carbocycles. The van der Waals surface area contributed by atoms with E-state index in [4.69, 9.17) is 16.3 Å². The molecular weight excluding hydrogens is 400 g/mol. The highest BCUT2D eigenvalue weighted by atomic mass is 35.5. The highest BCUT2D eigenvalue weighted by Crippen LogP contribution is 2.27. The largest absolute Gasteiger partial charge is 0.455 e. The van der Waals surface area contributed by atoms with Gasteiger partial charge < -0.3 is 10.1 Å². The van der Waals surface area contributed by atoms with E-state index in [1.165, 1.54) is 19.2 Å². The van der Waals surface area contributed by atoms with E-state index in [0.717, 1.165) is 21.2 Å². The van der Waals surface area contributed by atoms with Gasteiger partial charge in [-0.05, 0) is 31.2 Å². The molecule has 1 N–H and O–H groups in total. The number of carbonyl (C=O) groups excluding carboxylic acids is 2. The minimum Gasteiger partial charge on any atom is -0.455 e. The van der Waals surface area contributed by atoms with Crippen LogP contribution in [-0.2, 0) is 24.3 Å². The molecule has 0 fully saturated rings. The third-order valence-corrected chi connectivity index (χ3v) is 6.77. The van der Waals surface area contributed by atoms with Gasteiger partial charge in [0.1, 0.15) is 10.8 Å². The van der Waals surface area contributed by atoms with Gasteiger partial charge in [0.25, 0.3) is 15.9 Å². The summed E-state index contributed by atoms with van der Waals surface area (Å²) in [5.74, 6) is -1.35. The van der Waals surface area contributed by atoms with Gasteiger partial charge in [0.2, 0.25) is 0 Å². The van der Waals surface area contributed by atoms with Crippen molar-refractivity contribution < 1.29 is 22.7 Å². The smallest absolute Gasteiger partial charge is 0.321 e. The fourth-order valence-electron chi connectivity index (χ4n) is 1.88. The van der Waals surface area contributed by atoms with Gasteiger partial charge in [-0.25, -0.2) is 8.42 Å². The van der Waals surface area contributed by atoms with Crippen LogP contribution >= 0.6 is 22.9 Å². The average molecular weight is 417 g/mol. The summed E-state index contributed by atoms with van der Waals surface area (Å²) in [6, 6.07) is 9.93. The van der Waals surface area contributed by atoms with Crippen LogP contribution in [-0.4, -0.2) is 44.8 Å². The number of carbonyl (C=O) groups is 2. The summed E-state index contributed by atoms with van der Waals surface area (Å²) >= 11 is 6.63. The Balaban J connectivity index is 1.84. The zero-order chi connectivity index (χ0) is 19.3. The van der Waals surface area contributed by atoms with E-state index >= 15 is 0 Å². The number of ether oxygens (including phenoxy) is 1. The van der Waals surface area contributed by atoms with Crippen molar-refractivity contribution in [3.63, 3.8) is 0 Å². The van der Waals surface area contributed by atoms with E-state index < -0.39 is 35.1 Å². The molecule has 1 heterocycles. The zero-order valence-corrected chi connectivity index (χ0v) is 16.5. The van der Waals surface area contributed by atoms with E-state index in [2.05, 4.69) is 5.32 Å². The van der Waals surface area contributed by atoms with Crippen LogP contribution < -0.4 is 5.32 Å². The Hall–Kier alpha value is -1.94. The molecule has 0 bridgehead atoms. The highest BCUT2D eigenvalue weighted by Gasteiger charge is 2.25. The predicted octanol–water partition coefficient (Wildman–Crippen LogP) is 2.51. The van der Waals surface area contributed by atoms with Gasteiger partial charge in [-0.2, -0.15) is 4.31 Å². The van der Waals surface area contributed by atoms with Gasteiger partial charge in [-0.3, -0.25) is 9.59 Å². The van der Waals surface area contributed by atoms with Crippen molar-refractivity contribution >= 4 is 50.5 Å². The van der Waals surface area contributed by atoms with E-state index in [1.807, 2.05) is 19.1 Å². The lowest BCUT2D eigenvalue weighted by molar-refractivity contribution is -0.147. The Morgan fingerprint density at radius 2 is 1.85 bits per heavy atom. The van der Waals surface area contributed by atoms with Crippen molar-refractivity contribution in [2.75, 3.05) is 25.5 Å². The molecular formula is C16H17ClN2O5S2. The minimum absolute atomic E-state index is 0.0231. The molecule has 7 nitrogen and oxygen atoms in total.